The van der Waals surface area contributed by atoms with Gasteiger partial charge in [0.2, 0.25) is 5.88 Å². The lowest BCUT2D eigenvalue weighted by Crippen LogP contribution is -2.59. The number of aryl methyl sites for hydroxylation is 1. The Morgan fingerprint density at radius 3 is 2.67 bits per heavy atom. The smallest absolute Gasteiger partial charge is 0.417 e. The number of halogens is 5. The number of methoxy groups -OCH3 is 1. The van der Waals surface area contributed by atoms with Crippen molar-refractivity contribution < 1.29 is 42.0 Å². The van der Waals surface area contributed by atoms with Gasteiger partial charge in [-0.3, -0.25) is 10.00 Å². The Morgan fingerprint density at radius 1 is 1.13 bits per heavy atom. The number of ether oxygens (including phenoxy) is 3. The minimum absolute atomic E-state index is 0.0489. The van der Waals surface area contributed by atoms with E-state index in [0.717, 1.165) is 38.6 Å². The molecule has 54 heavy (non-hydrogen) atoms. The molecule has 2 saturated heterocycles. The number of hydrogen-bond donors (Lipinski definition) is 3. The Labute approximate surface area is 314 Å². The lowest BCUT2D eigenvalue weighted by Gasteiger charge is -2.51. The predicted octanol–water partition coefficient (Wildman–Crippen LogP) is 5.98. The summed E-state index contributed by atoms with van der Waals surface area (Å²) in [5.41, 5.74) is -2.73. The maximum Gasteiger partial charge on any atom is 0.417 e. The second-order valence-corrected chi connectivity index (χ2v) is 16.4. The molecule has 3 N–H and O–H groups in total. The lowest BCUT2D eigenvalue weighted by molar-refractivity contribution is -0.300. The van der Waals surface area contributed by atoms with Crippen LogP contribution in [-0.4, -0.2) is 117 Å². The molecule has 2 aliphatic heterocycles. The maximum atomic E-state index is 17.2. The highest BCUT2D eigenvalue weighted by molar-refractivity contribution is 6.35. The van der Waals surface area contributed by atoms with Crippen LogP contribution in [0.3, 0.4) is 0 Å². The highest BCUT2D eigenvalue weighted by Crippen LogP contribution is 2.52. The number of nitrogens with one attached hydrogen (secondary N) is 1. The number of fused-ring (bicyclic) bond motifs is 3. The first kappa shape index (κ1) is 37.4. The monoisotopic (exact) mass is 777 g/mol. The molecule has 4 fully saturated rings. The van der Waals surface area contributed by atoms with E-state index in [2.05, 4.69) is 25.1 Å². The fraction of sp³-hybridized carbons (Fsp3) is 0.622. The summed E-state index contributed by atoms with van der Waals surface area (Å²) >= 11 is 6.83. The van der Waals surface area contributed by atoms with Crippen molar-refractivity contribution in [2.45, 2.75) is 82.2 Å². The van der Waals surface area contributed by atoms with Crippen molar-refractivity contribution in [3.05, 3.63) is 28.7 Å². The van der Waals surface area contributed by atoms with Crippen LogP contribution in [0.1, 0.15) is 57.4 Å². The van der Waals surface area contributed by atoms with Crippen LogP contribution >= 0.6 is 11.6 Å². The minimum atomic E-state index is -4.64. The van der Waals surface area contributed by atoms with E-state index >= 15 is 4.39 Å². The van der Waals surface area contributed by atoms with Crippen molar-refractivity contribution in [3.63, 3.8) is 0 Å². The number of alkyl halides is 3. The molecule has 0 spiro atoms. The quantitative estimate of drug-likeness (QED) is 0.182. The summed E-state index contributed by atoms with van der Waals surface area (Å²) in [5, 5.41) is 29.3. The highest BCUT2D eigenvalue weighted by Gasteiger charge is 2.61. The fourth-order valence-electron chi connectivity index (χ4n) is 9.35. The van der Waals surface area contributed by atoms with E-state index < -0.39 is 23.2 Å². The number of anilines is 1. The van der Waals surface area contributed by atoms with Gasteiger partial charge in [0.1, 0.15) is 28.0 Å². The first-order chi connectivity index (χ1) is 25.6. The summed E-state index contributed by atoms with van der Waals surface area (Å²) in [6, 6.07) is 1.81. The molecule has 4 aromatic rings. The third kappa shape index (κ3) is 6.40. The number of aromatic nitrogens is 5. The number of pyridine rings is 1. The van der Waals surface area contributed by atoms with Gasteiger partial charge >= 0.3 is 12.2 Å². The van der Waals surface area contributed by atoms with Gasteiger partial charge in [-0.2, -0.15) is 28.2 Å². The van der Waals surface area contributed by atoms with Crippen LogP contribution in [0.25, 0.3) is 33.1 Å². The minimum Gasteiger partial charge on any atom is -0.480 e. The molecule has 3 aromatic heterocycles. The zero-order valence-electron chi connectivity index (χ0n) is 30.4. The molecule has 2 saturated carbocycles. The van der Waals surface area contributed by atoms with Crippen LogP contribution < -0.4 is 14.4 Å². The number of likely N-dealkylation sites (tertiary alicyclic amines) is 1. The second-order valence-electron chi connectivity index (χ2n) is 16.0. The SMILES string of the molecule is COc1nc(-c2c(Cl)c(C)cc3[nH]ncc23)c(F)c2nc(OC[C@]34CCC[C@H]3N(CC3CC(O)(C(F)(F)F)C3)CCC4)nc(N3CCOC[C@@](C)(O)C3)c12. The number of hydrogen-bond acceptors (Lipinski definition) is 11. The van der Waals surface area contributed by atoms with E-state index in [-0.39, 0.29) is 90.9 Å². The van der Waals surface area contributed by atoms with Crippen molar-refractivity contribution >= 4 is 39.2 Å². The van der Waals surface area contributed by atoms with Gasteiger partial charge in [0.15, 0.2) is 11.4 Å². The molecule has 0 bridgehead atoms. The molecule has 2 aliphatic carbocycles. The average molecular weight is 778 g/mol. The first-order valence-electron chi connectivity index (χ1n) is 18.4. The molecule has 0 unspecified atom stereocenters. The Balaban J connectivity index is 1.17. The standard InChI is InChI=1S/C37H44ClF4N7O5/c1-20-12-23-22(15-43-47-23)25(27(20)38)29-28(39)30-26(32(44-29)52-3)31(49-10-11-53-18-34(2,50)17-49)46-33(45-30)54-19-35-7-4-6-24(35)48(9-5-8-35)16-21-13-36(51,14-21)37(40,41)42/h12,15,21,24,50-51H,4-11,13-14,16-19H2,1-3H3,(H,43,47)/t21?,24-,34+,35-,36?/m1/s1. The molecule has 1 aromatic carbocycles. The number of rotatable bonds is 8. The normalized spacial score (nSPS) is 29.3. The molecule has 5 heterocycles. The van der Waals surface area contributed by atoms with Gasteiger partial charge in [-0.1, -0.05) is 18.0 Å². The number of benzene rings is 1. The predicted molar refractivity (Wildman–Crippen MR) is 192 cm³/mol. The van der Waals surface area contributed by atoms with Crippen LogP contribution in [0.2, 0.25) is 5.02 Å². The van der Waals surface area contributed by atoms with Gasteiger partial charge in [0.05, 0.1) is 50.2 Å². The maximum absolute atomic E-state index is 17.2. The van der Waals surface area contributed by atoms with Gasteiger partial charge in [-0.05, 0) is 76.5 Å². The van der Waals surface area contributed by atoms with E-state index in [1.807, 2.05) is 6.07 Å². The first-order valence-corrected chi connectivity index (χ1v) is 18.8. The second kappa shape index (κ2) is 13.6. The molecule has 4 aliphatic rings. The van der Waals surface area contributed by atoms with Crippen LogP contribution in [0.4, 0.5) is 23.4 Å². The van der Waals surface area contributed by atoms with Crippen LogP contribution in [-0.2, 0) is 4.74 Å². The van der Waals surface area contributed by atoms with Gasteiger partial charge in [0.25, 0.3) is 0 Å². The number of nitrogens with zero attached hydrogens (tertiary/aromatic N) is 6. The largest absolute Gasteiger partial charge is 0.480 e. The fourth-order valence-corrected chi connectivity index (χ4v) is 9.60. The van der Waals surface area contributed by atoms with Gasteiger partial charge in [0, 0.05) is 35.5 Å². The number of piperidine rings is 1. The van der Waals surface area contributed by atoms with E-state index in [9.17, 15) is 23.4 Å². The lowest BCUT2D eigenvalue weighted by atomic mass is 9.69. The summed E-state index contributed by atoms with van der Waals surface area (Å²) in [6.07, 6.45) is 0.657. The van der Waals surface area contributed by atoms with Crippen molar-refractivity contribution in [2.24, 2.45) is 11.3 Å². The van der Waals surface area contributed by atoms with Gasteiger partial charge in [-0.25, -0.2) is 9.37 Å². The van der Waals surface area contributed by atoms with E-state index in [4.69, 9.17) is 30.8 Å². The summed E-state index contributed by atoms with van der Waals surface area (Å²) in [4.78, 5) is 18.2. The van der Waals surface area contributed by atoms with Gasteiger partial charge in [-0.15, -0.1) is 0 Å². The highest BCUT2D eigenvalue weighted by atomic mass is 35.5. The number of H-pyrrole nitrogens is 1. The average Bonchev–Trinajstić information content (AvgIpc) is 3.71. The Hall–Kier alpha value is -3.57. The van der Waals surface area contributed by atoms with E-state index in [0.29, 0.717) is 40.1 Å². The summed E-state index contributed by atoms with van der Waals surface area (Å²) in [7, 11) is 1.42. The molecule has 17 heteroatoms. The zero-order valence-corrected chi connectivity index (χ0v) is 31.2. The molecule has 0 amide bonds. The summed E-state index contributed by atoms with van der Waals surface area (Å²) in [5.74, 6) is -0.715. The molecule has 8 rings (SSSR count). The third-order valence-corrected chi connectivity index (χ3v) is 12.4. The van der Waals surface area contributed by atoms with Crippen molar-refractivity contribution in [2.75, 3.05) is 58.0 Å². The van der Waals surface area contributed by atoms with Crippen LogP contribution in [0.15, 0.2) is 12.3 Å². The zero-order chi connectivity index (χ0) is 38.2. The molecular formula is C37H44ClF4N7O5. The number of aliphatic hydroxyl groups is 2. The van der Waals surface area contributed by atoms with Crippen LogP contribution in [0, 0.1) is 24.1 Å². The van der Waals surface area contributed by atoms with Crippen molar-refractivity contribution in [3.8, 4) is 23.1 Å². The molecule has 0 radical (unpaired) electrons. The van der Waals surface area contributed by atoms with Gasteiger partial charge < -0.3 is 29.3 Å². The third-order valence-electron chi connectivity index (χ3n) is 11.9. The van der Waals surface area contributed by atoms with E-state index in [1.54, 1.807) is 24.9 Å². The summed E-state index contributed by atoms with van der Waals surface area (Å²) in [6.45, 7) is 5.69. The topological polar surface area (TPSA) is 142 Å². The van der Waals surface area contributed by atoms with E-state index in [1.165, 1.54) is 7.11 Å². The molecular weight excluding hydrogens is 734 g/mol. The Kier molecular flexibility index (Phi) is 9.39. The molecule has 3 atom stereocenters. The number of β-amino-alcohol motifs (C(OH)–C–C–N with tert-alkyl or cyclic N) is 1. The summed E-state index contributed by atoms with van der Waals surface area (Å²) < 4.78 is 75.3. The molecule has 292 valence electrons. The van der Waals surface area contributed by atoms with Crippen LogP contribution in [0.5, 0.6) is 11.9 Å². The Morgan fingerprint density at radius 2 is 1.91 bits per heavy atom. The number of aromatic amines is 1. The Bertz CT molecular complexity index is 2080. The van der Waals surface area contributed by atoms with Crippen molar-refractivity contribution in [1.29, 1.82) is 0 Å². The molecule has 12 nitrogen and oxygen atoms in total. The van der Waals surface area contributed by atoms with Crippen molar-refractivity contribution in [1.82, 2.24) is 30.0 Å².